The highest BCUT2D eigenvalue weighted by atomic mass is 32.2. The second-order valence-corrected chi connectivity index (χ2v) is 7.17. The van der Waals surface area contributed by atoms with Gasteiger partial charge in [-0.3, -0.25) is 0 Å². The molecule has 0 saturated heterocycles. The van der Waals surface area contributed by atoms with Gasteiger partial charge in [-0.05, 0) is 38.5 Å². The zero-order valence-corrected chi connectivity index (χ0v) is 13.3. The van der Waals surface area contributed by atoms with Gasteiger partial charge in [0.2, 0.25) is 0 Å². The number of amidine groups is 1. The van der Waals surface area contributed by atoms with E-state index >= 15 is 0 Å². The molecule has 1 fully saturated rings. The van der Waals surface area contributed by atoms with Crippen LogP contribution in [0.4, 0.5) is 0 Å². The van der Waals surface area contributed by atoms with Crippen LogP contribution in [0.25, 0.3) is 0 Å². The van der Waals surface area contributed by atoms with E-state index in [4.69, 9.17) is 10.9 Å². The van der Waals surface area contributed by atoms with Gasteiger partial charge in [-0.1, -0.05) is 31.8 Å². The third-order valence-corrected chi connectivity index (χ3v) is 5.36. The molecule has 2 atom stereocenters. The Bertz CT molecular complexity index is 294. The summed E-state index contributed by atoms with van der Waals surface area (Å²) >= 11 is 1.99. The molecule has 4 nitrogen and oxygen atoms in total. The summed E-state index contributed by atoms with van der Waals surface area (Å²) in [5.74, 6) is 0.326. The van der Waals surface area contributed by atoms with Crippen molar-refractivity contribution in [2.45, 2.75) is 63.7 Å². The summed E-state index contributed by atoms with van der Waals surface area (Å²) in [6.45, 7) is 5.06. The Morgan fingerprint density at radius 3 is 2.74 bits per heavy atom. The van der Waals surface area contributed by atoms with E-state index in [0.717, 1.165) is 24.6 Å². The Kier molecular flexibility index (Phi) is 7.00. The van der Waals surface area contributed by atoms with E-state index in [2.05, 4.69) is 16.7 Å². The number of nitrogens with one attached hydrogen (secondary N) is 1. The molecule has 1 aliphatic rings. The van der Waals surface area contributed by atoms with E-state index in [0.29, 0.717) is 11.9 Å². The first kappa shape index (κ1) is 16.6. The topological polar surface area (TPSA) is 70.6 Å². The monoisotopic (exact) mass is 287 g/mol. The fraction of sp³-hybridized carbons (Fsp3) is 0.929. The van der Waals surface area contributed by atoms with E-state index in [1.54, 1.807) is 0 Å². The predicted molar refractivity (Wildman–Crippen MR) is 84.0 cm³/mol. The zero-order valence-electron chi connectivity index (χ0n) is 12.5. The Morgan fingerprint density at radius 1 is 1.42 bits per heavy atom. The molecule has 0 heterocycles. The van der Waals surface area contributed by atoms with E-state index in [1.807, 2.05) is 25.6 Å². The maximum atomic E-state index is 8.74. The largest absolute Gasteiger partial charge is 0.409 e. The molecule has 1 aliphatic carbocycles. The van der Waals surface area contributed by atoms with Crippen LogP contribution in [0.15, 0.2) is 5.16 Å². The van der Waals surface area contributed by atoms with Crippen molar-refractivity contribution < 1.29 is 5.21 Å². The second kappa shape index (κ2) is 8.00. The van der Waals surface area contributed by atoms with Crippen LogP contribution in [-0.2, 0) is 0 Å². The Balaban J connectivity index is 2.26. The van der Waals surface area contributed by atoms with Crippen molar-refractivity contribution in [3.8, 4) is 0 Å². The lowest BCUT2D eigenvalue weighted by molar-refractivity contribution is 0.303. The Hall–Kier alpha value is -0.420. The smallest absolute Gasteiger partial charge is 0.144 e. The van der Waals surface area contributed by atoms with Gasteiger partial charge < -0.3 is 16.3 Å². The van der Waals surface area contributed by atoms with E-state index in [9.17, 15) is 0 Å². The zero-order chi connectivity index (χ0) is 14.3. The lowest BCUT2D eigenvalue weighted by Gasteiger charge is -2.31. The molecule has 0 amide bonds. The minimum absolute atomic E-state index is 0.220. The highest BCUT2D eigenvalue weighted by Gasteiger charge is 2.25. The first-order valence-corrected chi connectivity index (χ1v) is 8.54. The first-order valence-electron chi connectivity index (χ1n) is 7.25. The summed E-state index contributed by atoms with van der Waals surface area (Å²) in [6.07, 6.45) is 9.58. The molecule has 1 rings (SSSR count). The summed E-state index contributed by atoms with van der Waals surface area (Å²) in [4.78, 5) is 0. The van der Waals surface area contributed by atoms with Crippen molar-refractivity contribution >= 4 is 17.6 Å². The second-order valence-electron chi connectivity index (χ2n) is 6.09. The molecule has 0 aromatic carbocycles. The standard InChI is InChI=1S/C14H29N3OS/c1-14(2,13(15)17-18)9-6-10-16-11-7-4-5-8-12(11)19-3/h11-12,16,18H,4-10H2,1-3H3,(H2,15,17). The van der Waals surface area contributed by atoms with Crippen molar-refractivity contribution in [2.24, 2.45) is 16.3 Å². The molecule has 112 valence electrons. The molecule has 0 aromatic heterocycles. The summed E-state index contributed by atoms with van der Waals surface area (Å²) < 4.78 is 0. The quantitative estimate of drug-likeness (QED) is 0.221. The molecule has 0 spiro atoms. The van der Waals surface area contributed by atoms with Gasteiger partial charge in [-0.15, -0.1) is 0 Å². The van der Waals surface area contributed by atoms with Crippen LogP contribution >= 0.6 is 11.8 Å². The van der Waals surface area contributed by atoms with Crippen molar-refractivity contribution in [1.29, 1.82) is 0 Å². The number of nitrogens with zero attached hydrogens (tertiary/aromatic N) is 1. The summed E-state index contributed by atoms with van der Waals surface area (Å²) in [6, 6.07) is 0.663. The SMILES string of the molecule is CSC1CCCCC1NCCCC(C)(C)C(N)=NO. The third kappa shape index (κ3) is 5.22. The summed E-state index contributed by atoms with van der Waals surface area (Å²) in [5.41, 5.74) is 5.48. The van der Waals surface area contributed by atoms with Crippen LogP contribution < -0.4 is 11.1 Å². The van der Waals surface area contributed by atoms with Crippen LogP contribution in [0.3, 0.4) is 0 Å². The highest BCUT2D eigenvalue weighted by molar-refractivity contribution is 7.99. The van der Waals surface area contributed by atoms with Gasteiger partial charge >= 0.3 is 0 Å². The third-order valence-electron chi connectivity index (χ3n) is 4.19. The normalized spacial score (nSPS) is 25.5. The lowest BCUT2D eigenvalue weighted by atomic mass is 9.86. The van der Waals surface area contributed by atoms with Gasteiger partial charge in [0.15, 0.2) is 0 Å². The van der Waals surface area contributed by atoms with Crippen molar-refractivity contribution in [3.63, 3.8) is 0 Å². The maximum Gasteiger partial charge on any atom is 0.144 e. The predicted octanol–water partition coefficient (Wildman–Crippen LogP) is 2.80. The molecule has 5 heteroatoms. The fourth-order valence-electron chi connectivity index (χ4n) is 2.69. The molecular formula is C14H29N3OS. The van der Waals surface area contributed by atoms with Gasteiger partial charge in [-0.2, -0.15) is 11.8 Å². The van der Waals surface area contributed by atoms with Crippen LogP contribution in [0.5, 0.6) is 0 Å². The van der Waals surface area contributed by atoms with Crippen LogP contribution in [0, 0.1) is 5.41 Å². The van der Waals surface area contributed by atoms with E-state index in [-0.39, 0.29) is 5.41 Å². The van der Waals surface area contributed by atoms with Gasteiger partial charge in [0, 0.05) is 16.7 Å². The van der Waals surface area contributed by atoms with Gasteiger partial charge in [0.1, 0.15) is 5.84 Å². The number of rotatable bonds is 7. The molecular weight excluding hydrogens is 258 g/mol. The minimum Gasteiger partial charge on any atom is -0.409 e. The maximum absolute atomic E-state index is 8.74. The molecule has 0 aromatic rings. The summed E-state index contributed by atoms with van der Waals surface area (Å²) in [7, 11) is 0. The number of hydrogen-bond acceptors (Lipinski definition) is 4. The van der Waals surface area contributed by atoms with Crippen LogP contribution in [0.1, 0.15) is 52.4 Å². The number of thioether (sulfide) groups is 1. The Labute approximate surface area is 121 Å². The summed E-state index contributed by atoms with van der Waals surface area (Å²) in [5, 5.41) is 16.3. The molecule has 0 bridgehead atoms. The van der Waals surface area contributed by atoms with Crippen molar-refractivity contribution in [2.75, 3.05) is 12.8 Å². The first-order chi connectivity index (χ1) is 9.01. The minimum atomic E-state index is -0.220. The molecule has 0 aliphatic heterocycles. The van der Waals surface area contributed by atoms with Gasteiger partial charge in [0.25, 0.3) is 0 Å². The molecule has 1 saturated carbocycles. The van der Waals surface area contributed by atoms with Gasteiger partial charge in [0.05, 0.1) is 0 Å². The molecule has 4 N–H and O–H groups in total. The average molecular weight is 287 g/mol. The molecule has 0 radical (unpaired) electrons. The van der Waals surface area contributed by atoms with Crippen molar-refractivity contribution in [3.05, 3.63) is 0 Å². The lowest BCUT2D eigenvalue weighted by Crippen LogP contribution is -2.41. The van der Waals surface area contributed by atoms with E-state index < -0.39 is 0 Å². The number of oxime groups is 1. The number of hydrogen-bond donors (Lipinski definition) is 3. The molecule has 19 heavy (non-hydrogen) atoms. The number of nitrogens with two attached hydrogens (primary N) is 1. The molecule has 2 unspecified atom stereocenters. The van der Waals surface area contributed by atoms with Crippen molar-refractivity contribution in [1.82, 2.24) is 5.32 Å². The van der Waals surface area contributed by atoms with E-state index in [1.165, 1.54) is 25.7 Å². The average Bonchev–Trinajstić information content (AvgIpc) is 2.43. The van der Waals surface area contributed by atoms with Crippen LogP contribution in [0.2, 0.25) is 0 Å². The highest BCUT2D eigenvalue weighted by Crippen LogP contribution is 2.27. The fourth-order valence-corrected chi connectivity index (χ4v) is 3.66. The Morgan fingerprint density at radius 2 is 2.11 bits per heavy atom. The van der Waals surface area contributed by atoms with Crippen LogP contribution in [-0.4, -0.2) is 35.1 Å². The van der Waals surface area contributed by atoms with Gasteiger partial charge in [-0.25, -0.2) is 0 Å².